The van der Waals surface area contributed by atoms with E-state index in [0.717, 1.165) is 83.5 Å². The third kappa shape index (κ3) is 56.3. The number of allylic oxidation sites excluding steroid dienone is 22. The molecule has 0 spiro atoms. The van der Waals surface area contributed by atoms with Gasteiger partial charge in [0, 0.05) is 19.3 Å². The van der Waals surface area contributed by atoms with Crippen molar-refractivity contribution in [2.45, 2.75) is 238 Å². The van der Waals surface area contributed by atoms with Crippen LogP contribution in [0.25, 0.3) is 0 Å². The highest BCUT2D eigenvalue weighted by Gasteiger charge is 2.28. The number of rotatable bonds is 54. The van der Waals surface area contributed by atoms with Gasteiger partial charge in [-0.25, -0.2) is 4.57 Å². The molecule has 442 valence electrons. The Balaban J connectivity index is 4.89. The Hall–Kier alpha value is -4.38. The highest BCUT2D eigenvalue weighted by atomic mass is 31.2. The van der Waals surface area contributed by atoms with E-state index in [2.05, 4.69) is 130 Å². The SMILES string of the molecule is CC/C=C\C/C=C\C/C=C\C/C=C\C/C=C\C/C=C\CCC(=O)OC(COC(=O)CCCCCCCCCCCCCCCCC)COP(=O)(O)OCC(CO)OC(=O)CCC/C=C\C/C=C\C/C=C\C/C=C\C/C=C\CC. The zero-order valence-corrected chi connectivity index (χ0v) is 49.7. The van der Waals surface area contributed by atoms with Crippen molar-refractivity contribution in [1.82, 2.24) is 0 Å². The van der Waals surface area contributed by atoms with Gasteiger partial charge < -0.3 is 24.2 Å². The van der Waals surface area contributed by atoms with Crippen molar-refractivity contribution in [3.63, 3.8) is 0 Å². The van der Waals surface area contributed by atoms with E-state index in [1.807, 2.05) is 24.3 Å². The number of esters is 3. The molecule has 78 heavy (non-hydrogen) atoms. The molecule has 0 heterocycles. The Morgan fingerprint density at radius 3 is 1.09 bits per heavy atom. The summed E-state index contributed by atoms with van der Waals surface area (Å²) in [5, 5.41) is 9.82. The van der Waals surface area contributed by atoms with Gasteiger partial charge in [0.25, 0.3) is 0 Å². The fraction of sp³-hybridized carbons (Fsp3) is 0.621. The molecule has 0 aromatic rings. The molecule has 0 aliphatic rings. The Kier molecular flexibility index (Phi) is 55.5. The van der Waals surface area contributed by atoms with Crippen LogP contribution in [0.1, 0.15) is 226 Å². The minimum absolute atomic E-state index is 0.0326. The molecule has 0 fully saturated rings. The summed E-state index contributed by atoms with van der Waals surface area (Å²) in [4.78, 5) is 48.6. The number of phosphoric acid groups is 1. The van der Waals surface area contributed by atoms with Gasteiger partial charge in [-0.2, -0.15) is 0 Å². The second kappa shape index (κ2) is 58.8. The van der Waals surface area contributed by atoms with Crippen LogP contribution in [-0.4, -0.2) is 66.5 Å². The number of hydrogen-bond acceptors (Lipinski definition) is 10. The molecular formula is C66H107O11P. The molecule has 0 rings (SSSR count). The lowest BCUT2D eigenvalue weighted by Crippen LogP contribution is -2.30. The van der Waals surface area contributed by atoms with Gasteiger partial charge in [-0.3, -0.25) is 23.4 Å². The summed E-state index contributed by atoms with van der Waals surface area (Å²) < 4.78 is 39.4. The molecule has 0 aliphatic heterocycles. The minimum Gasteiger partial charge on any atom is -0.462 e. The summed E-state index contributed by atoms with van der Waals surface area (Å²) in [6.07, 6.45) is 74.3. The Morgan fingerprint density at radius 1 is 0.372 bits per heavy atom. The second-order valence-corrected chi connectivity index (χ2v) is 20.9. The maximum atomic E-state index is 12.9. The van der Waals surface area contributed by atoms with Gasteiger partial charge in [0.1, 0.15) is 12.7 Å². The van der Waals surface area contributed by atoms with Crippen LogP contribution in [0.5, 0.6) is 0 Å². The zero-order chi connectivity index (χ0) is 56.9. The third-order valence-corrected chi connectivity index (χ3v) is 13.0. The largest absolute Gasteiger partial charge is 0.472 e. The van der Waals surface area contributed by atoms with Crippen molar-refractivity contribution in [2.24, 2.45) is 0 Å². The predicted molar refractivity (Wildman–Crippen MR) is 325 cm³/mol. The Bertz CT molecular complexity index is 1820. The lowest BCUT2D eigenvalue weighted by atomic mass is 10.0. The molecule has 0 saturated heterocycles. The zero-order valence-electron chi connectivity index (χ0n) is 48.8. The van der Waals surface area contributed by atoms with Crippen LogP contribution in [-0.2, 0) is 42.2 Å². The predicted octanol–water partition coefficient (Wildman–Crippen LogP) is 18.1. The summed E-state index contributed by atoms with van der Waals surface area (Å²) in [5.41, 5.74) is 0. The molecule has 11 nitrogen and oxygen atoms in total. The molecule has 0 amide bonds. The molecule has 3 unspecified atom stereocenters. The van der Waals surface area contributed by atoms with Crippen molar-refractivity contribution in [2.75, 3.05) is 26.4 Å². The van der Waals surface area contributed by atoms with Crippen molar-refractivity contribution in [1.29, 1.82) is 0 Å². The van der Waals surface area contributed by atoms with Crippen LogP contribution in [0.2, 0.25) is 0 Å². The molecule has 0 radical (unpaired) electrons. The van der Waals surface area contributed by atoms with E-state index in [1.54, 1.807) is 0 Å². The molecule has 0 aromatic carbocycles. The molecule has 3 atom stereocenters. The van der Waals surface area contributed by atoms with Crippen molar-refractivity contribution < 1.29 is 52.2 Å². The van der Waals surface area contributed by atoms with Gasteiger partial charge >= 0.3 is 25.7 Å². The summed E-state index contributed by atoms with van der Waals surface area (Å²) in [6.45, 7) is 4.27. The van der Waals surface area contributed by atoms with Gasteiger partial charge in [0.2, 0.25) is 0 Å². The summed E-state index contributed by atoms with van der Waals surface area (Å²) >= 11 is 0. The summed E-state index contributed by atoms with van der Waals surface area (Å²) in [7, 11) is -4.79. The number of unbranched alkanes of at least 4 members (excludes halogenated alkanes) is 15. The number of carbonyl (C=O) groups excluding carboxylic acids is 3. The molecular weight excluding hydrogens is 1000 g/mol. The summed E-state index contributed by atoms with van der Waals surface area (Å²) in [5.74, 6) is -1.64. The van der Waals surface area contributed by atoms with E-state index < -0.39 is 57.8 Å². The smallest absolute Gasteiger partial charge is 0.462 e. The van der Waals surface area contributed by atoms with Gasteiger partial charge in [0.15, 0.2) is 6.10 Å². The number of ether oxygens (including phenoxy) is 3. The first-order valence-corrected chi connectivity index (χ1v) is 31.6. The maximum Gasteiger partial charge on any atom is 0.472 e. The minimum atomic E-state index is -4.79. The first-order valence-electron chi connectivity index (χ1n) is 30.1. The molecule has 0 bridgehead atoms. The number of aliphatic hydroxyl groups excluding tert-OH is 1. The van der Waals surface area contributed by atoms with Crippen molar-refractivity contribution >= 4 is 25.7 Å². The van der Waals surface area contributed by atoms with Crippen LogP contribution >= 0.6 is 7.82 Å². The topological polar surface area (TPSA) is 155 Å². The quantitative estimate of drug-likeness (QED) is 0.0197. The standard InChI is InChI=1S/C66H107O11P/c1-4-7-10-13-16-19-22-25-28-30-31-33-36-39-42-45-48-51-54-57-66(70)77-63(59-73-64(68)55-52-49-46-43-40-37-34-27-24-21-18-15-12-9-6-3)61-75-78(71,72)74-60-62(58-67)76-65(69)56-53-50-47-44-41-38-35-32-29-26-23-20-17-14-11-8-5-2/h7-8,10-11,16-17,19-20,25-26,28-29,31,33,35,38-39,42,44,47-48,51,62-63,67H,4-6,9,12-15,18,21-24,27,30,32,34,36-37,40-41,43,45-46,49-50,52-61H2,1-3H3,(H,71,72)/b10-7-,11-8-,19-16-,20-17-,28-25-,29-26-,33-31-,38-35-,42-39-,47-44-,51-48-. The lowest BCUT2D eigenvalue weighted by Gasteiger charge is -2.21. The van der Waals surface area contributed by atoms with Crippen molar-refractivity contribution in [3.8, 4) is 0 Å². The van der Waals surface area contributed by atoms with E-state index in [4.69, 9.17) is 23.3 Å². The molecule has 12 heteroatoms. The highest BCUT2D eigenvalue weighted by molar-refractivity contribution is 7.47. The van der Waals surface area contributed by atoms with Crippen LogP contribution < -0.4 is 0 Å². The van der Waals surface area contributed by atoms with Gasteiger partial charge in [-0.1, -0.05) is 244 Å². The van der Waals surface area contributed by atoms with Gasteiger partial charge in [0.05, 0.1) is 19.8 Å². The molecule has 0 aromatic heterocycles. The first kappa shape index (κ1) is 73.6. The van der Waals surface area contributed by atoms with Gasteiger partial charge in [-0.05, 0) is 96.3 Å². The average Bonchev–Trinajstić information content (AvgIpc) is 3.43. The number of hydrogen-bond donors (Lipinski definition) is 2. The lowest BCUT2D eigenvalue weighted by molar-refractivity contribution is -0.161. The fourth-order valence-corrected chi connectivity index (χ4v) is 8.38. The second-order valence-electron chi connectivity index (χ2n) is 19.4. The van der Waals surface area contributed by atoms with E-state index in [0.29, 0.717) is 32.1 Å². The van der Waals surface area contributed by atoms with Crippen molar-refractivity contribution in [3.05, 3.63) is 134 Å². The summed E-state index contributed by atoms with van der Waals surface area (Å²) in [6, 6.07) is 0. The van der Waals surface area contributed by atoms with Gasteiger partial charge in [-0.15, -0.1) is 0 Å². The molecule has 0 aliphatic carbocycles. The van der Waals surface area contributed by atoms with E-state index in [1.165, 1.54) is 70.6 Å². The van der Waals surface area contributed by atoms with Crippen LogP contribution in [0.3, 0.4) is 0 Å². The van der Waals surface area contributed by atoms with Crippen LogP contribution in [0.4, 0.5) is 0 Å². The Labute approximate surface area is 474 Å². The monoisotopic (exact) mass is 1110 g/mol. The maximum absolute atomic E-state index is 12.9. The number of phosphoric ester groups is 1. The van der Waals surface area contributed by atoms with E-state index in [9.17, 15) is 28.9 Å². The first-order chi connectivity index (χ1) is 38.2. The highest BCUT2D eigenvalue weighted by Crippen LogP contribution is 2.43. The average molecular weight is 1110 g/mol. The van der Waals surface area contributed by atoms with Crippen LogP contribution in [0, 0.1) is 0 Å². The molecule has 2 N–H and O–H groups in total. The Morgan fingerprint density at radius 2 is 0.692 bits per heavy atom. The fourth-order valence-electron chi connectivity index (χ4n) is 7.59. The van der Waals surface area contributed by atoms with E-state index >= 15 is 0 Å². The molecule has 0 saturated carbocycles. The number of aliphatic hydroxyl groups is 1. The van der Waals surface area contributed by atoms with Crippen LogP contribution in [0.15, 0.2) is 134 Å². The number of carbonyl (C=O) groups is 3. The third-order valence-electron chi connectivity index (χ3n) is 12.1. The normalized spacial score (nSPS) is 14.3. The van der Waals surface area contributed by atoms with E-state index in [-0.39, 0.29) is 25.9 Å².